The highest BCUT2D eigenvalue weighted by Gasteiger charge is 2.33. The maximum atomic E-state index is 12.3. The summed E-state index contributed by atoms with van der Waals surface area (Å²) in [6.07, 6.45) is -5.24. The number of hydrogen-bond acceptors (Lipinski definition) is 6. The number of pyridine rings is 1. The van der Waals surface area contributed by atoms with Crippen LogP contribution in [0.3, 0.4) is 0 Å². The van der Waals surface area contributed by atoms with Crippen molar-refractivity contribution in [1.29, 1.82) is 0 Å². The molecule has 0 atom stereocenters. The largest absolute Gasteiger partial charge is 0.574 e. The first kappa shape index (κ1) is 16.0. The number of alkyl halides is 3. The van der Waals surface area contributed by atoms with Gasteiger partial charge in [-0.25, -0.2) is 4.98 Å². The van der Waals surface area contributed by atoms with Crippen molar-refractivity contribution < 1.29 is 32.2 Å². The second kappa shape index (κ2) is 6.42. The number of hydrogen-bond donors (Lipinski definition) is 1. The SMILES string of the molecule is COC(=O)Cc1cc(OC)c(CN)c(OC(F)(F)F)n1. The molecule has 9 heteroatoms. The molecule has 0 fully saturated rings. The third-order valence-electron chi connectivity index (χ3n) is 2.29. The highest BCUT2D eigenvalue weighted by atomic mass is 19.4. The molecule has 0 amide bonds. The Morgan fingerprint density at radius 3 is 2.50 bits per heavy atom. The molecule has 0 aliphatic rings. The molecular weight excluding hydrogens is 281 g/mol. The summed E-state index contributed by atoms with van der Waals surface area (Å²) in [6.45, 7) is -0.264. The van der Waals surface area contributed by atoms with Gasteiger partial charge in [0.2, 0.25) is 5.88 Å². The van der Waals surface area contributed by atoms with Crippen LogP contribution in [-0.4, -0.2) is 31.5 Å². The monoisotopic (exact) mass is 294 g/mol. The van der Waals surface area contributed by atoms with Gasteiger partial charge in [0.1, 0.15) is 5.75 Å². The summed E-state index contributed by atoms with van der Waals surface area (Å²) >= 11 is 0. The fraction of sp³-hybridized carbons (Fsp3) is 0.455. The molecule has 0 saturated heterocycles. The quantitative estimate of drug-likeness (QED) is 0.820. The van der Waals surface area contributed by atoms with Crippen LogP contribution >= 0.6 is 0 Å². The third kappa shape index (κ3) is 4.26. The average Bonchev–Trinajstić information content (AvgIpc) is 2.36. The van der Waals surface area contributed by atoms with E-state index in [0.29, 0.717) is 0 Å². The molecule has 0 aliphatic heterocycles. The molecule has 20 heavy (non-hydrogen) atoms. The smallest absolute Gasteiger partial charge is 0.496 e. The second-order valence-corrected chi connectivity index (χ2v) is 3.60. The van der Waals surface area contributed by atoms with Gasteiger partial charge >= 0.3 is 12.3 Å². The number of nitrogens with zero attached hydrogens (tertiary/aromatic N) is 1. The van der Waals surface area contributed by atoms with Gasteiger partial charge in [0.15, 0.2) is 0 Å². The number of methoxy groups -OCH3 is 2. The minimum absolute atomic E-state index is 0.0187. The van der Waals surface area contributed by atoms with Gasteiger partial charge in [-0.1, -0.05) is 0 Å². The zero-order valence-electron chi connectivity index (χ0n) is 10.8. The predicted molar refractivity (Wildman–Crippen MR) is 61.1 cm³/mol. The van der Waals surface area contributed by atoms with E-state index in [-0.39, 0.29) is 30.0 Å². The molecule has 0 bridgehead atoms. The summed E-state index contributed by atoms with van der Waals surface area (Å²) in [5.74, 6) is -1.34. The number of ether oxygens (including phenoxy) is 3. The molecule has 0 unspecified atom stereocenters. The molecule has 0 spiro atoms. The normalized spacial score (nSPS) is 11.1. The van der Waals surface area contributed by atoms with Gasteiger partial charge in [0, 0.05) is 12.6 Å². The predicted octanol–water partition coefficient (Wildman–Crippen LogP) is 1.16. The van der Waals surface area contributed by atoms with E-state index in [0.717, 1.165) is 7.11 Å². The molecule has 2 N–H and O–H groups in total. The maximum absolute atomic E-state index is 12.3. The first-order chi connectivity index (χ1) is 9.30. The summed E-state index contributed by atoms with van der Waals surface area (Å²) in [7, 11) is 2.41. The van der Waals surface area contributed by atoms with Crippen LogP contribution in [0.25, 0.3) is 0 Å². The molecule has 1 aromatic heterocycles. The minimum Gasteiger partial charge on any atom is -0.496 e. The van der Waals surface area contributed by atoms with Crippen molar-refractivity contribution in [2.24, 2.45) is 5.73 Å². The Morgan fingerprint density at radius 1 is 1.40 bits per heavy atom. The summed E-state index contributed by atoms with van der Waals surface area (Å²) < 4.78 is 50.1. The van der Waals surface area contributed by atoms with E-state index in [9.17, 15) is 18.0 Å². The second-order valence-electron chi connectivity index (χ2n) is 3.60. The van der Waals surface area contributed by atoms with Gasteiger partial charge in [-0.15, -0.1) is 13.2 Å². The van der Waals surface area contributed by atoms with Crippen LogP contribution in [0.5, 0.6) is 11.6 Å². The first-order valence-corrected chi connectivity index (χ1v) is 5.40. The number of esters is 1. The number of rotatable bonds is 5. The van der Waals surface area contributed by atoms with E-state index < -0.39 is 18.2 Å². The van der Waals surface area contributed by atoms with E-state index in [1.54, 1.807) is 0 Å². The molecule has 1 heterocycles. The number of carbonyl (C=O) groups excluding carboxylic acids is 1. The van der Waals surface area contributed by atoms with Crippen molar-refractivity contribution in [2.45, 2.75) is 19.3 Å². The van der Waals surface area contributed by atoms with Gasteiger partial charge in [-0.05, 0) is 0 Å². The lowest BCUT2D eigenvalue weighted by Gasteiger charge is -2.15. The minimum atomic E-state index is -4.92. The van der Waals surface area contributed by atoms with Crippen molar-refractivity contribution in [2.75, 3.05) is 14.2 Å². The lowest BCUT2D eigenvalue weighted by molar-refractivity contribution is -0.276. The molecule has 1 rings (SSSR count). The van der Waals surface area contributed by atoms with Crippen molar-refractivity contribution in [3.05, 3.63) is 17.3 Å². The zero-order chi connectivity index (χ0) is 15.3. The Balaban J connectivity index is 3.23. The van der Waals surface area contributed by atoms with E-state index >= 15 is 0 Å². The fourth-order valence-electron chi connectivity index (χ4n) is 1.45. The van der Waals surface area contributed by atoms with E-state index in [4.69, 9.17) is 10.5 Å². The Bertz CT molecular complexity index is 491. The molecule has 6 nitrogen and oxygen atoms in total. The molecule has 1 aromatic rings. The lowest BCUT2D eigenvalue weighted by Crippen LogP contribution is -2.21. The van der Waals surface area contributed by atoms with Gasteiger partial charge < -0.3 is 19.9 Å². The number of carbonyl (C=O) groups is 1. The standard InChI is InChI=1S/C11H13F3N2O4/c1-18-8-3-6(4-9(17)19-2)16-10(7(8)5-15)20-11(12,13)14/h3H,4-5,15H2,1-2H3. The van der Waals surface area contributed by atoms with Gasteiger partial charge in [-0.2, -0.15) is 0 Å². The van der Waals surface area contributed by atoms with Crippen LogP contribution in [0.15, 0.2) is 6.07 Å². The Morgan fingerprint density at radius 2 is 2.05 bits per heavy atom. The third-order valence-corrected chi connectivity index (χ3v) is 2.29. The van der Waals surface area contributed by atoms with Gasteiger partial charge in [0.05, 0.1) is 31.9 Å². The van der Waals surface area contributed by atoms with Crippen LogP contribution in [0.1, 0.15) is 11.3 Å². The molecule has 0 saturated carbocycles. The summed E-state index contributed by atoms with van der Waals surface area (Å²) in [4.78, 5) is 14.8. The molecule has 0 aromatic carbocycles. The first-order valence-electron chi connectivity index (χ1n) is 5.40. The molecular formula is C11H13F3N2O4. The van der Waals surface area contributed by atoms with Gasteiger partial charge in [0.25, 0.3) is 0 Å². The summed E-state index contributed by atoms with van der Waals surface area (Å²) in [5, 5.41) is 0. The highest BCUT2D eigenvalue weighted by Crippen LogP contribution is 2.31. The number of halogens is 3. The van der Waals surface area contributed by atoms with Crippen molar-refractivity contribution >= 4 is 5.97 Å². The van der Waals surface area contributed by atoms with E-state index in [1.807, 2.05) is 0 Å². The van der Waals surface area contributed by atoms with Crippen molar-refractivity contribution in [1.82, 2.24) is 4.98 Å². The molecule has 112 valence electrons. The van der Waals surface area contributed by atoms with Gasteiger partial charge in [-0.3, -0.25) is 4.79 Å². The Kier molecular flexibility index (Phi) is 5.14. The molecule has 0 radical (unpaired) electrons. The van der Waals surface area contributed by atoms with E-state index in [2.05, 4.69) is 14.5 Å². The average molecular weight is 294 g/mol. The number of aromatic nitrogens is 1. The van der Waals surface area contributed by atoms with Crippen LogP contribution in [-0.2, 0) is 22.5 Å². The van der Waals surface area contributed by atoms with Crippen LogP contribution in [0.2, 0.25) is 0 Å². The number of nitrogens with two attached hydrogens (primary N) is 1. The Labute approximate surface area is 112 Å². The summed E-state index contributed by atoms with van der Waals surface area (Å²) in [5.41, 5.74) is 5.34. The highest BCUT2D eigenvalue weighted by molar-refractivity contribution is 5.72. The lowest BCUT2D eigenvalue weighted by atomic mass is 10.2. The van der Waals surface area contributed by atoms with Crippen molar-refractivity contribution in [3.8, 4) is 11.6 Å². The van der Waals surface area contributed by atoms with Crippen LogP contribution in [0, 0.1) is 0 Å². The Hall–Kier alpha value is -2.03. The van der Waals surface area contributed by atoms with Crippen molar-refractivity contribution in [3.63, 3.8) is 0 Å². The van der Waals surface area contributed by atoms with Crippen LogP contribution < -0.4 is 15.2 Å². The topological polar surface area (TPSA) is 83.7 Å². The maximum Gasteiger partial charge on any atom is 0.574 e. The van der Waals surface area contributed by atoms with Crippen LogP contribution in [0.4, 0.5) is 13.2 Å². The molecule has 0 aliphatic carbocycles. The fourth-order valence-corrected chi connectivity index (χ4v) is 1.45. The van der Waals surface area contributed by atoms with E-state index in [1.165, 1.54) is 13.2 Å². The zero-order valence-corrected chi connectivity index (χ0v) is 10.8. The summed E-state index contributed by atoms with van der Waals surface area (Å²) in [6, 6.07) is 1.31.